The summed E-state index contributed by atoms with van der Waals surface area (Å²) in [6.07, 6.45) is 3.58. The molecule has 0 unspecified atom stereocenters. The standard InChI is InChI=1S/C16H16N2O.C2H6/c1-12-7-8-14(17-11-12)18-15(19)16(9-10-16)13-5-3-2-4-6-13;1-2/h2-8,11H,9-10H2,1H3,(H,17,18,19);1-2H3. The maximum Gasteiger partial charge on any atom is 0.236 e. The molecule has 3 heteroatoms. The van der Waals surface area contributed by atoms with Gasteiger partial charge >= 0.3 is 0 Å². The number of anilines is 1. The third-order valence-electron chi connectivity index (χ3n) is 3.66. The molecule has 1 heterocycles. The van der Waals surface area contributed by atoms with E-state index in [-0.39, 0.29) is 11.3 Å². The topological polar surface area (TPSA) is 42.0 Å². The zero-order chi connectivity index (χ0) is 15.3. The van der Waals surface area contributed by atoms with Gasteiger partial charge in [0.05, 0.1) is 5.41 Å². The molecule has 3 rings (SSSR count). The Kier molecular flexibility index (Phi) is 4.73. The molecule has 1 aliphatic carbocycles. The van der Waals surface area contributed by atoms with Crippen LogP contribution < -0.4 is 5.32 Å². The molecule has 1 amide bonds. The number of hydrogen-bond donors (Lipinski definition) is 1. The average molecular weight is 282 g/mol. The Bertz CT molecular complexity index is 586. The molecule has 0 spiro atoms. The third kappa shape index (κ3) is 3.30. The van der Waals surface area contributed by atoms with Crippen LogP contribution >= 0.6 is 0 Å². The monoisotopic (exact) mass is 282 g/mol. The zero-order valence-electron chi connectivity index (χ0n) is 12.9. The van der Waals surface area contributed by atoms with Crippen LogP contribution in [0.3, 0.4) is 0 Å². The van der Waals surface area contributed by atoms with Crippen LogP contribution in [0.5, 0.6) is 0 Å². The molecule has 1 aromatic heterocycles. The SMILES string of the molecule is CC.Cc1ccc(NC(=O)C2(c3ccccc3)CC2)nc1. The summed E-state index contributed by atoms with van der Waals surface area (Å²) in [6.45, 7) is 5.98. The van der Waals surface area contributed by atoms with Crippen molar-refractivity contribution in [3.05, 3.63) is 59.8 Å². The van der Waals surface area contributed by atoms with E-state index in [9.17, 15) is 4.79 Å². The van der Waals surface area contributed by atoms with Gasteiger partial charge in [0.1, 0.15) is 5.82 Å². The van der Waals surface area contributed by atoms with Crippen molar-refractivity contribution in [1.29, 1.82) is 0 Å². The Morgan fingerprint density at radius 2 is 1.76 bits per heavy atom. The molecule has 0 bridgehead atoms. The molecule has 1 aliphatic rings. The predicted molar refractivity (Wildman–Crippen MR) is 86.3 cm³/mol. The molecule has 21 heavy (non-hydrogen) atoms. The Labute approximate surface area is 126 Å². The molecular formula is C18H22N2O. The van der Waals surface area contributed by atoms with Crippen LogP contribution in [0.25, 0.3) is 0 Å². The van der Waals surface area contributed by atoms with E-state index >= 15 is 0 Å². The van der Waals surface area contributed by atoms with Crippen LogP contribution in [0.1, 0.15) is 37.8 Å². The van der Waals surface area contributed by atoms with Crippen molar-refractivity contribution in [3.8, 4) is 0 Å². The number of benzene rings is 1. The van der Waals surface area contributed by atoms with Gasteiger partial charge in [0.15, 0.2) is 0 Å². The highest BCUT2D eigenvalue weighted by atomic mass is 16.2. The summed E-state index contributed by atoms with van der Waals surface area (Å²) in [5.41, 5.74) is 1.84. The molecule has 1 aromatic carbocycles. The molecule has 0 radical (unpaired) electrons. The van der Waals surface area contributed by atoms with E-state index < -0.39 is 0 Å². The van der Waals surface area contributed by atoms with E-state index in [0.717, 1.165) is 24.0 Å². The Hall–Kier alpha value is -2.16. The van der Waals surface area contributed by atoms with E-state index in [4.69, 9.17) is 0 Å². The maximum atomic E-state index is 12.4. The quantitative estimate of drug-likeness (QED) is 0.921. The average Bonchev–Trinajstić information content (AvgIpc) is 3.34. The van der Waals surface area contributed by atoms with E-state index in [1.165, 1.54) is 0 Å². The van der Waals surface area contributed by atoms with Crippen LogP contribution in [-0.4, -0.2) is 10.9 Å². The lowest BCUT2D eigenvalue weighted by Gasteiger charge is -2.15. The van der Waals surface area contributed by atoms with Crippen LogP contribution in [0.2, 0.25) is 0 Å². The summed E-state index contributed by atoms with van der Waals surface area (Å²) in [6, 6.07) is 13.8. The Balaban J connectivity index is 0.000000774. The number of carbonyl (C=O) groups is 1. The predicted octanol–water partition coefficient (Wildman–Crippen LogP) is 4.09. The van der Waals surface area contributed by atoms with Gasteiger partial charge in [-0.15, -0.1) is 0 Å². The number of aromatic nitrogens is 1. The van der Waals surface area contributed by atoms with Crippen LogP contribution in [0.15, 0.2) is 48.7 Å². The molecule has 0 saturated heterocycles. The Morgan fingerprint density at radius 1 is 1.10 bits per heavy atom. The smallest absolute Gasteiger partial charge is 0.236 e. The second kappa shape index (κ2) is 6.53. The first-order valence-corrected chi connectivity index (χ1v) is 7.50. The highest BCUT2D eigenvalue weighted by molar-refractivity contribution is 6.00. The first kappa shape index (κ1) is 15.2. The Morgan fingerprint density at radius 3 is 2.29 bits per heavy atom. The van der Waals surface area contributed by atoms with Gasteiger partial charge in [-0.1, -0.05) is 50.2 Å². The van der Waals surface area contributed by atoms with Gasteiger partial charge in [-0.05, 0) is 37.0 Å². The first-order valence-electron chi connectivity index (χ1n) is 7.50. The van der Waals surface area contributed by atoms with Crippen LogP contribution in [0, 0.1) is 6.92 Å². The van der Waals surface area contributed by atoms with E-state index in [0.29, 0.717) is 5.82 Å². The fourth-order valence-corrected chi connectivity index (χ4v) is 2.31. The third-order valence-corrected chi connectivity index (χ3v) is 3.66. The van der Waals surface area contributed by atoms with E-state index in [1.807, 2.05) is 63.2 Å². The van der Waals surface area contributed by atoms with Gasteiger partial charge in [0.25, 0.3) is 0 Å². The molecule has 0 atom stereocenters. The van der Waals surface area contributed by atoms with Gasteiger partial charge in [-0.25, -0.2) is 4.98 Å². The van der Waals surface area contributed by atoms with E-state index in [1.54, 1.807) is 6.20 Å². The maximum absolute atomic E-state index is 12.4. The fraction of sp³-hybridized carbons (Fsp3) is 0.333. The fourth-order valence-electron chi connectivity index (χ4n) is 2.31. The normalized spacial score (nSPS) is 14.6. The summed E-state index contributed by atoms with van der Waals surface area (Å²) in [5, 5.41) is 2.92. The first-order chi connectivity index (χ1) is 10.2. The number of carbonyl (C=O) groups excluding carboxylic acids is 1. The number of hydrogen-bond acceptors (Lipinski definition) is 2. The van der Waals surface area contributed by atoms with Crippen molar-refractivity contribution in [2.45, 2.75) is 39.0 Å². The molecule has 1 fully saturated rings. The van der Waals surface area contributed by atoms with Crippen molar-refractivity contribution in [2.75, 3.05) is 5.32 Å². The van der Waals surface area contributed by atoms with Gasteiger partial charge in [-0.2, -0.15) is 0 Å². The molecule has 3 nitrogen and oxygen atoms in total. The molecule has 1 saturated carbocycles. The minimum Gasteiger partial charge on any atom is -0.310 e. The molecule has 0 aliphatic heterocycles. The van der Waals surface area contributed by atoms with Gasteiger partial charge < -0.3 is 5.32 Å². The van der Waals surface area contributed by atoms with Gasteiger partial charge in [0.2, 0.25) is 5.91 Å². The summed E-state index contributed by atoms with van der Waals surface area (Å²) in [5.74, 6) is 0.674. The second-order valence-corrected chi connectivity index (χ2v) is 5.12. The van der Waals surface area contributed by atoms with Crippen molar-refractivity contribution in [2.24, 2.45) is 0 Å². The summed E-state index contributed by atoms with van der Waals surface area (Å²) in [4.78, 5) is 16.7. The van der Waals surface area contributed by atoms with Crippen molar-refractivity contribution in [3.63, 3.8) is 0 Å². The highest BCUT2D eigenvalue weighted by Crippen LogP contribution is 2.48. The van der Waals surface area contributed by atoms with Crippen molar-refractivity contribution in [1.82, 2.24) is 4.98 Å². The minimum absolute atomic E-state index is 0.0510. The lowest BCUT2D eigenvalue weighted by atomic mass is 9.95. The molecular weight excluding hydrogens is 260 g/mol. The number of rotatable bonds is 3. The van der Waals surface area contributed by atoms with Crippen LogP contribution in [-0.2, 0) is 10.2 Å². The van der Waals surface area contributed by atoms with Crippen LogP contribution in [0.4, 0.5) is 5.82 Å². The minimum atomic E-state index is -0.339. The molecule has 110 valence electrons. The number of pyridine rings is 1. The molecule has 1 N–H and O–H groups in total. The van der Waals surface area contributed by atoms with E-state index in [2.05, 4.69) is 10.3 Å². The number of amides is 1. The second-order valence-electron chi connectivity index (χ2n) is 5.12. The van der Waals surface area contributed by atoms with Gasteiger partial charge in [0, 0.05) is 6.20 Å². The zero-order valence-corrected chi connectivity index (χ0v) is 12.9. The lowest BCUT2D eigenvalue weighted by molar-refractivity contribution is -0.118. The summed E-state index contributed by atoms with van der Waals surface area (Å²) >= 11 is 0. The van der Waals surface area contributed by atoms with Crippen molar-refractivity contribution < 1.29 is 4.79 Å². The van der Waals surface area contributed by atoms with Gasteiger partial charge in [-0.3, -0.25) is 4.79 Å². The number of aryl methyl sites for hydroxylation is 1. The number of nitrogens with zero attached hydrogens (tertiary/aromatic N) is 1. The number of nitrogens with one attached hydrogen (secondary N) is 1. The highest BCUT2D eigenvalue weighted by Gasteiger charge is 2.51. The largest absolute Gasteiger partial charge is 0.310 e. The summed E-state index contributed by atoms with van der Waals surface area (Å²) < 4.78 is 0. The van der Waals surface area contributed by atoms with Crippen molar-refractivity contribution >= 4 is 11.7 Å². The summed E-state index contributed by atoms with van der Waals surface area (Å²) in [7, 11) is 0. The lowest BCUT2D eigenvalue weighted by Crippen LogP contribution is -2.28. The molecule has 2 aromatic rings.